The van der Waals surface area contributed by atoms with Crippen molar-refractivity contribution in [3.05, 3.63) is 48.3 Å². The van der Waals surface area contributed by atoms with Gasteiger partial charge in [-0.05, 0) is 18.4 Å². The van der Waals surface area contributed by atoms with E-state index in [1.54, 1.807) is 12.4 Å². The van der Waals surface area contributed by atoms with Gasteiger partial charge in [0.25, 0.3) is 0 Å². The molecule has 1 aliphatic heterocycles. The smallest absolute Gasteiger partial charge is 0.321 e. The number of amides is 2. The molecule has 0 bridgehead atoms. The van der Waals surface area contributed by atoms with E-state index in [1.165, 1.54) is 5.56 Å². The Balaban J connectivity index is 1.72. The highest BCUT2D eigenvalue weighted by Crippen LogP contribution is 2.33. The van der Waals surface area contributed by atoms with E-state index >= 15 is 0 Å². The second-order valence-electron chi connectivity index (χ2n) is 5.87. The fourth-order valence-corrected chi connectivity index (χ4v) is 3.01. The molecule has 2 aromatic rings. The number of nitrogens with one attached hydrogen (secondary N) is 2. The van der Waals surface area contributed by atoms with Crippen LogP contribution in [0.25, 0.3) is 0 Å². The van der Waals surface area contributed by atoms with E-state index in [1.807, 2.05) is 11.0 Å². The van der Waals surface area contributed by atoms with Gasteiger partial charge in [-0.15, -0.1) is 0 Å². The molecule has 5 heteroatoms. The van der Waals surface area contributed by atoms with E-state index < -0.39 is 0 Å². The number of H-pyrrole nitrogens is 1. The average Bonchev–Trinajstić information content (AvgIpc) is 3.01. The molecule has 110 valence electrons. The lowest BCUT2D eigenvalue weighted by molar-refractivity contribution is 0.167. The van der Waals surface area contributed by atoms with Crippen LogP contribution >= 0.6 is 0 Å². The molecule has 0 radical (unpaired) electrons. The maximum atomic E-state index is 12.4. The van der Waals surface area contributed by atoms with Crippen LogP contribution in [0.15, 0.2) is 42.7 Å². The highest BCUT2D eigenvalue weighted by molar-refractivity contribution is 5.89. The summed E-state index contributed by atoms with van der Waals surface area (Å²) in [5, 5.41) is 9.41. The number of aromatic nitrogens is 2. The molecular formula is C16H20N4O. The molecule has 1 fully saturated rings. The first-order chi connectivity index (χ1) is 10.2. The van der Waals surface area contributed by atoms with E-state index in [9.17, 15) is 4.79 Å². The van der Waals surface area contributed by atoms with E-state index in [4.69, 9.17) is 0 Å². The van der Waals surface area contributed by atoms with Crippen LogP contribution in [0.1, 0.15) is 25.3 Å². The molecule has 21 heavy (non-hydrogen) atoms. The zero-order valence-corrected chi connectivity index (χ0v) is 12.2. The minimum Gasteiger partial charge on any atom is -0.324 e. The second kappa shape index (κ2) is 5.60. The summed E-state index contributed by atoms with van der Waals surface area (Å²) in [6.07, 6.45) is 5.41. The first kappa shape index (κ1) is 13.7. The van der Waals surface area contributed by atoms with Gasteiger partial charge in [-0.3, -0.25) is 5.10 Å². The third-order valence-electron chi connectivity index (χ3n) is 4.20. The molecule has 1 atom stereocenters. The van der Waals surface area contributed by atoms with Crippen molar-refractivity contribution in [3.8, 4) is 0 Å². The number of carbonyl (C=O) groups is 1. The summed E-state index contributed by atoms with van der Waals surface area (Å²) >= 11 is 0. The Labute approximate surface area is 124 Å². The predicted octanol–water partition coefficient (Wildman–Crippen LogP) is 3.00. The summed E-state index contributed by atoms with van der Waals surface area (Å²) in [4.78, 5) is 14.3. The Kier molecular flexibility index (Phi) is 3.64. The van der Waals surface area contributed by atoms with Crippen LogP contribution in [0.3, 0.4) is 0 Å². The number of aromatic amines is 1. The number of likely N-dealkylation sites (tertiary alicyclic amines) is 1. The van der Waals surface area contributed by atoms with Crippen LogP contribution in [-0.4, -0.2) is 34.2 Å². The van der Waals surface area contributed by atoms with Gasteiger partial charge in [0.15, 0.2) is 0 Å². The monoisotopic (exact) mass is 284 g/mol. The highest BCUT2D eigenvalue weighted by atomic mass is 16.2. The summed E-state index contributed by atoms with van der Waals surface area (Å²) in [6, 6.07) is 10.4. The summed E-state index contributed by atoms with van der Waals surface area (Å²) in [6.45, 7) is 3.77. The Hall–Kier alpha value is -2.30. The van der Waals surface area contributed by atoms with Crippen molar-refractivity contribution in [1.82, 2.24) is 15.1 Å². The van der Waals surface area contributed by atoms with Gasteiger partial charge in [-0.2, -0.15) is 5.10 Å². The van der Waals surface area contributed by atoms with Crippen molar-refractivity contribution in [2.75, 3.05) is 18.4 Å². The van der Waals surface area contributed by atoms with Gasteiger partial charge >= 0.3 is 6.03 Å². The largest absolute Gasteiger partial charge is 0.324 e. The van der Waals surface area contributed by atoms with Crippen LogP contribution in [0.4, 0.5) is 10.5 Å². The number of urea groups is 1. The maximum absolute atomic E-state index is 12.4. The molecule has 0 spiro atoms. The number of benzene rings is 1. The van der Waals surface area contributed by atoms with E-state index in [0.29, 0.717) is 5.69 Å². The van der Waals surface area contributed by atoms with E-state index in [0.717, 1.165) is 25.9 Å². The Morgan fingerprint density at radius 1 is 1.38 bits per heavy atom. The quantitative estimate of drug-likeness (QED) is 0.890. The highest BCUT2D eigenvalue weighted by Gasteiger charge is 2.34. The Morgan fingerprint density at radius 2 is 2.19 bits per heavy atom. The number of carbonyl (C=O) groups excluding carboxylic acids is 1. The molecule has 0 saturated carbocycles. The molecule has 2 N–H and O–H groups in total. The number of anilines is 1. The fraction of sp³-hybridized carbons (Fsp3) is 0.375. The van der Waals surface area contributed by atoms with Crippen molar-refractivity contribution in [3.63, 3.8) is 0 Å². The lowest BCUT2D eigenvalue weighted by Gasteiger charge is -2.40. The predicted molar refractivity (Wildman–Crippen MR) is 82.2 cm³/mol. The molecular weight excluding hydrogens is 264 g/mol. The SMILES string of the molecule is C[C@@]1(c2ccccc2)CCCN(C(=O)Nc2cn[nH]c2)C1. The maximum Gasteiger partial charge on any atom is 0.321 e. The van der Waals surface area contributed by atoms with Gasteiger partial charge in [-0.1, -0.05) is 37.3 Å². The number of hydrogen-bond donors (Lipinski definition) is 2. The van der Waals surface area contributed by atoms with Gasteiger partial charge in [-0.25, -0.2) is 4.79 Å². The molecule has 0 unspecified atom stereocenters. The lowest BCUT2D eigenvalue weighted by atomic mass is 9.76. The minimum absolute atomic E-state index is 0.0211. The number of piperidine rings is 1. The molecule has 1 aromatic heterocycles. The van der Waals surface area contributed by atoms with Crippen LogP contribution in [0, 0.1) is 0 Å². The third kappa shape index (κ3) is 2.91. The Bertz CT molecular complexity index is 596. The average molecular weight is 284 g/mol. The standard InChI is InChI=1S/C16H20N4O/c1-16(13-6-3-2-4-7-13)8-5-9-20(12-16)15(21)19-14-10-17-18-11-14/h2-4,6-7,10-11H,5,8-9,12H2,1H3,(H,17,18)(H,19,21)/t16-/m1/s1. The zero-order valence-electron chi connectivity index (χ0n) is 12.2. The van der Waals surface area contributed by atoms with Crippen molar-refractivity contribution < 1.29 is 4.79 Å². The molecule has 3 rings (SSSR count). The van der Waals surface area contributed by atoms with Crippen molar-refractivity contribution in [2.24, 2.45) is 0 Å². The molecule has 1 saturated heterocycles. The number of nitrogens with zero attached hydrogens (tertiary/aromatic N) is 2. The zero-order chi connectivity index (χ0) is 14.7. The van der Waals surface area contributed by atoms with Crippen LogP contribution < -0.4 is 5.32 Å². The summed E-state index contributed by atoms with van der Waals surface area (Å²) in [5.41, 5.74) is 2.02. The van der Waals surface area contributed by atoms with E-state index in [-0.39, 0.29) is 11.4 Å². The van der Waals surface area contributed by atoms with Gasteiger partial charge in [0.05, 0.1) is 11.9 Å². The Morgan fingerprint density at radius 3 is 2.90 bits per heavy atom. The third-order valence-corrected chi connectivity index (χ3v) is 4.20. The van der Waals surface area contributed by atoms with Crippen molar-refractivity contribution in [2.45, 2.75) is 25.2 Å². The number of rotatable bonds is 2. The topological polar surface area (TPSA) is 61.0 Å². The fourth-order valence-electron chi connectivity index (χ4n) is 3.01. The normalized spacial score (nSPS) is 22.0. The summed E-state index contributed by atoms with van der Waals surface area (Å²) in [5.74, 6) is 0. The summed E-state index contributed by atoms with van der Waals surface area (Å²) < 4.78 is 0. The van der Waals surface area contributed by atoms with Crippen molar-refractivity contribution >= 4 is 11.7 Å². The van der Waals surface area contributed by atoms with Crippen LogP contribution in [-0.2, 0) is 5.41 Å². The first-order valence-electron chi connectivity index (χ1n) is 7.28. The first-order valence-corrected chi connectivity index (χ1v) is 7.28. The second-order valence-corrected chi connectivity index (χ2v) is 5.87. The molecule has 1 aromatic carbocycles. The van der Waals surface area contributed by atoms with Gasteiger partial charge in [0.1, 0.15) is 0 Å². The minimum atomic E-state index is -0.0572. The van der Waals surface area contributed by atoms with Gasteiger partial charge in [0, 0.05) is 24.7 Å². The number of hydrogen-bond acceptors (Lipinski definition) is 2. The van der Waals surface area contributed by atoms with Gasteiger partial charge < -0.3 is 10.2 Å². The molecule has 5 nitrogen and oxygen atoms in total. The van der Waals surface area contributed by atoms with Crippen molar-refractivity contribution in [1.29, 1.82) is 0 Å². The molecule has 1 aliphatic rings. The molecule has 2 amide bonds. The molecule has 0 aliphatic carbocycles. The van der Waals surface area contributed by atoms with Crippen LogP contribution in [0.5, 0.6) is 0 Å². The molecule has 2 heterocycles. The van der Waals surface area contributed by atoms with Gasteiger partial charge in [0.2, 0.25) is 0 Å². The van der Waals surface area contributed by atoms with E-state index in [2.05, 4.69) is 46.7 Å². The lowest BCUT2D eigenvalue weighted by Crippen LogP contribution is -2.48. The summed E-state index contributed by atoms with van der Waals surface area (Å²) in [7, 11) is 0. The van der Waals surface area contributed by atoms with Crippen LogP contribution in [0.2, 0.25) is 0 Å².